The SMILES string of the molecule is CCc1cccc(NC(=O)C2CCCN(C(=O)Nc3ccc(S(=O)(=O)N(CC)CC)s3)C2)c1. The predicted octanol–water partition coefficient (Wildman–Crippen LogP) is 4.22. The first-order valence-electron chi connectivity index (χ1n) is 11.3. The van der Waals surface area contributed by atoms with E-state index in [0.29, 0.717) is 37.6 Å². The van der Waals surface area contributed by atoms with Crippen molar-refractivity contribution in [3.63, 3.8) is 0 Å². The number of thiophene rings is 1. The second-order valence-electron chi connectivity index (χ2n) is 7.97. The molecule has 3 amide bonds. The molecule has 2 aromatic rings. The highest BCUT2D eigenvalue weighted by atomic mass is 32.2. The van der Waals surface area contributed by atoms with Gasteiger partial charge in [0.1, 0.15) is 4.21 Å². The Morgan fingerprint density at radius 1 is 1.12 bits per heavy atom. The standard InChI is InChI=1S/C23H32N4O4S2/c1-4-17-9-7-11-19(15-17)24-22(28)18-10-8-14-26(16-18)23(29)25-20-12-13-21(32-20)33(30,31)27(5-2)6-3/h7,9,11-13,15,18H,4-6,8,10,14,16H2,1-3H3,(H,24,28)(H,25,29). The number of carbonyl (C=O) groups excluding carboxylic acids is 2. The smallest absolute Gasteiger partial charge is 0.322 e. The highest BCUT2D eigenvalue weighted by Gasteiger charge is 2.29. The van der Waals surface area contributed by atoms with E-state index in [0.717, 1.165) is 35.4 Å². The molecule has 0 saturated carbocycles. The van der Waals surface area contributed by atoms with E-state index in [9.17, 15) is 18.0 Å². The number of sulfonamides is 1. The molecule has 0 bridgehead atoms. The number of benzene rings is 1. The molecule has 1 aliphatic heterocycles. The summed E-state index contributed by atoms with van der Waals surface area (Å²) in [6.45, 7) is 7.30. The van der Waals surface area contributed by atoms with E-state index in [1.165, 1.54) is 10.4 Å². The number of amides is 3. The third-order valence-electron chi connectivity index (χ3n) is 5.79. The van der Waals surface area contributed by atoms with Gasteiger partial charge in [0.05, 0.1) is 10.9 Å². The highest BCUT2D eigenvalue weighted by molar-refractivity contribution is 7.91. The van der Waals surface area contributed by atoms with Crippen molar-refractivity contribution in [2.24, 2.45) is 5.92 Å². The van der Waals surface area contributed by atoms with E-state index >= 15 is 0 Å². The maximum atomic E-state index is 12.8. The Balaban J connectivity index is 1.61. The molecule has 1 aromatic heterocycles. The first kappa shape index (κ1) is 25.2. The largest absolute Gasteiger partial charge is 0.326 e. The fraction of sp³-hybridized carbons (Fsp3) is 0.478. The van der Waals surface area contributed by atoms with Crippen molar-refractivity contribution in [2.45, 2.75) is 44.2 Å². The van der Waals surface area contributed by atoms with E-state index in [1.54, 1.807) is 24.8 Å². The molecule has 0 aliphatic carbocycles. The Hall–Kier alpha value is -2.43. The van der Waals surface area contributed by atoms with Gasteiger partial charge in [-0.15, -0.1) is 11.3 Å². The van der Waals surface area contributed by atoms with Gasteiger partial charge in [-0.25, -0.2) is 13.2 Å². The molecule has 2 N–H and O–H groups in total. The summed E-state index contributed by atoms with van der Waals surface area (Å²) in [6, 6.07) is 10.6. The topological polar surface area (TPSA) is 98.8 Å². The Bertz CT molecular complexity index is 1080. The third kappa shape index (κ3) is 6.13. The van der Waals surface area contributed by atoms with Crippen molar-refractivity contribution in [3.05, 3.63) is 42.0 Å². The van der Waals surface area contributed by atoms with Gasteiger partial charge in [0.15, 0.2) is 0 Å². The van der Waals surface area contributed by atoms with Crippen LogP contribution in [0.1, 0.15) is 39.2 Å². The number of carbonyl (C=O) groups is 2. The van der Waals surface area contributed by atoms with Crippen LogP contribution in [0.4, 0.5) is 15.5 Å². The average Bonchev–Trinajstić information content (AvgIpc) is 3.29. The summed E-state index contributed by atoms with van der Waals surface area (Å²) in [5.74, 6) is -0.388. The quantitative estimate of drug-likeness (QED) is 0.576. The molecule has 1 aromatic carbocycles. The molecule has 10 heteroatoms. The van der Waals surface area contributed by atoms with Crippen molar-refractivity contribution < 1.29 is 18.0 Å². The van der Waals surface area contributed by atoms with Crippen LogP contribution < -0.4 is 10.6 Å². The molecule has 3 rings (SSSR count). The lowest BCUT2D eigenvalue weighted by Crippen LogP contribution is -2.45. The molecule has 1 atom stereocenters. The Morgan fingerprint density at radius 3 is 2.58 bits per heavy atom. The molecule has 1 saturated heterocycles. The van der Waals surface area contributed by atoms with Gasteiger partial charge in [0, 0.05) is 31.9 Å². The second kappa shape index (κ2) is 11.1. The summed E-state index contributed by atoms with van der Waals surface area (Å²) in [4.78, 5) is 27.2. The zero-order chi connectivity index (χ0) is 24.0. The molecule has 1 fully saturated rings. The van der Waals surface area contributed by atoms with Crippen molar-refractivity contribution in [2.75, 3.05) is 36.8 Å². The van der Waals surface area contributed by atoms with Crippen LogP contribution in [0.25, 0.3) is 0 Å². The molecule has 1 aliphatic rings. The monoisotopic (exact) mass is 492 g/mol. The summed E-state index contributed by atoms with van der Waals surface area (Å²) in [6.07, 6.45) is 2.34. The minimum absolute atomic E-state index is 0.0931. The molecule has 1 unspecified atom stereocenters. The first-order chi connectivity index (χ1) is 15.8. The van der Waals surface area contributed by atoms with Gasteiger partial charge in [-0.1, -0.05) is 32.9 Å². The van der Waals surface area contributed by atoms with Crippen molar-refractivity contribution in [3.8, 4) is 0 Å². The van der Waals surface area contributed by atoms with Gasteiger partial charge in [0.25, 0.3) is 10.0 Å². The maximum Gasteiger partial charge on any atom is 0.322 e. The zero-order valence-electron chi connectivity index (χ0n) is 19.3. The van der Waals surface area contributed by atoms with E-state index in [2.05, 4.69) is 17.6 Å². The van der Waals surface area contributed by atoms with Crippen LogP contribution in [0.15, 0.2) is 40.6 Å². The Morgan fingerprint density at radius 2 is 1.88 bits per heavy atom. The fourth-order valence-corrected chi connectivity index (χ4v) is 6.70. The molecule has 0 spiro atoms. The summed E-state index contributed by atoms with van der Waals surface area (Å²) in [5, 5.41) is 6.23. The lowest BCUT2D eigenvalue weighted by molar-refractivity contribution is -0.121. The predicted molar refractivity (Wildman–Crippen MR) is 132 cm³/mol. The van der Waals surface area contributed by atoms with Gasteiger partial charge in [-0.05, 0) is 49.1 Å². The van der Waals surface area contributed by atoms with Crippen LogP contribution >= 0.6 is 11.3 Å². The number of hydrogen-bond acceptors (Lipinski definition) is 5. The first-order valence-corrected chi connectivity index (χ1v) is 13.6. The number of likely N-dealkylation sites (tertiary alicyclic amines) is 1. The lowest BCUT2D eigenvalue weighted by Gasteiger charge is -2.32. The molecular formula is C23H32N4O4S2. The third-order valence-corrected chi connectivity index (χ3v) is 9.31. The Kier molecular flexibility index (Phi) is 8.50. The van der Waals surface area contributed by atoms with Gasteiger partial charge in [-0.3, -0.25) is 10.1 Å². The molecule has 8 nitrogen and oxygen atoms in total. The minimum atomic E-state index is -3.56. The van der Waals surface area contributed by atoms with E-state index < -0.39 is 10.0 Å². The van der Waals surface area contributed by atoms with Gasteiger partial charge in [0.2, 0.25) is 5.91 Å². The van der Waals surface area contributed by atoms with Crippen LogP contribution in [0.5, 0.6) is 0 Å². The highest BCUT2D eigenvalue weighted by Crippen LogP contribution is 2.29. The summed E-state index contributed by atoms with van der Waals surface area (Å²) in [5.41, 5.74) is 1.91. The number of hydrogen-bond donors (Lipinski definition) is 2. The molecule has 33 heavy (non-hydrogen) atoms. The van der Waals surface area contributed by atoms with Gasteiger partial charge >= 0.3 is 6.03 Å². The second-order valence-corrected chi connectivity index (χ2v) is 11.2. The molecular weight excluding hydrogens is 460 g/mol. The lowest BCUT2D eigenvalue weighted by atomic mass is 9.97. The van der Waals surface area contributed by atoms with Crippen LogP contribution in [-0.2, 0) is 21.2 Å². The van der Waals surface area contributed by atoms with Gasteiger partial charge in [-0.2, -0.15) is 4.31 Å². The number of nitrogens with one attached hydrogen (secondary N) is 2. The van der Waals surface area contributed by atoms with Crippen LogP contribution in [0, 0.1) is 5.92 Å². The van der Waals surface area contributed by atoms with E-state index in [1.807, 2.05) is 24.3 Å². The van der Waals surface area contributed by atoms with Crippen molar-refractivity contribution in [1.82, 2.24) is 9.21 Å². The number of nitrogens with zero attached hydrogens (tertiary/aromatic N) is 2. The summed E-state index contributed by atoms with van der Waals surface area (Å²) < 4.78 is 26.9. The number of anilines is 2. The van der Waals surface area contributed by atoms with Crippen LogP contribution in [0.3, 0.4) is 0 Å². The number of urea groups is 1. The normalized spacial score (nSPS) is 16.6. The molecule has 2 heterocycles. The Labute approximate surface area is 200 Å². The van der Waals surface area contributed by atoms with Crippen molar-refractivity contribution >= 4 is 44.0 Å². The number of aryl methyl sites for hydroxylation is 1. The van der Waals surface area contributed by atoms with Crippen molar-refractivity contribution in [1.29, 1.82) is 0 Å². The zero-order valence-corrected chi connectivity index (χ0v) is 21.0. The summed E-state index contributed by atoms with van der Waals surface area (Å²) >= 11 is 1.04. The van der Waals surface area contributed by atoms with Crippen LogP contribution in [0.2, 0.25) is 0 Å². The fourth-order valence-electron chi connectivity index (χ4n) is 3.89. The molecule has 180 valence electrons. The van der Waals surface area contributed by atoms with E-state index in [-0.39, 0.29) is 22.1 Å². The van der Waals surface area contributed by atoms with E-state index in [4.69, 9.17) is 0 Å². The van der Waals surface area contributed by atoms with Gasteiger partial charge < -0.3 is 10.2 Å². The number of rotatable bonds is 8. The molecule has 0 radical (unpaired) electrons. The maximum absolute atomic E-state index is 12.8. The minimum Gasteiger partial charge on any atom is -0.326 e. The summed E-state index contributed by atoms with van der Waals surface area (Å²) in [7, 11) is -3.56. The van der Waals surface area contributed by atoms with Crippen LogP contribution in [-0.4, -0.2) is 55.7 Å². The average molecular weight is 493 g/mol. The number of piperidine rings is 1.